The van der Waals surface area contributed by atoms with Crippen molar-refractivity contribution in [2.45, 2.75) is 135 Å². The fourth-order valence-electron chi connectivity index (χ4n) is 5.48. The molecule has 1 saturated carbocycles. The maximum Gasteiger partial charge on any atom is 0.408 e. The predicted octanol–water partition coefficient (Wildman–Crippen LogP) is 6.17. The molecular weight excluding hydrogens is 544 g/mol. The molecule has 9 heteroatoms. The molecule has 2 rings (SSSR count). The number of benzene rings is 1. The predicted molar refractivity (Wildman–Crippen MR) is 171 cm³/mol. The molecule has 1 fully saturated rings. The first-order chi connectivity index (χ1) is 20.4. The van der Waals surface area contributed by atoms with Crippen LogP contribution < -0.4 is 16.4 Å². The molecule has 2 unspecified atom stereocenters. The van der Waals surface area contributed by atoms with Crippen LogP contribution in [0.15, 0.2) is 30.8 Å². The maximum atomic E-state index is 14.4. The van der Waals surface area contributed by atoms with Crippen molar-refractivity contribution in [3.8, 4) is 0 Å². The van der Waals surface area contributed by atoms with E-state index >= 15 is 0 Å². The van der Waals surface area contributed by atoms with Crippen LogP contribution in [0.2, 0.25) is 0 Å². The quantitative estimate of drug-likeness (QED) is 0.185. The Labute approximate surface area is 258 Å². The minimum atomic E-state index is -1.10. The van der Waals surface area contributed by atoms with Crippen molar-refractivity contribution in [3.63, 3.8) is 0 Å². The van der Waals surface area contributed by atoms with Crippen LogP contribution in [0.5, 0.6) is 0 Å². The van der Waals surface area contributed by atoms with Gasteiger partial charge in [0.05, 0.1) is 0 Å². The van der Waals surface area contributed by atoms with Crippen molar-refractivity contribution in [2.24, 2.45) is 5.73 Å². The molecule has 43 heavy (non-hydrogen) atoms. The van der Waals surface area contributed by atoms with Crippen LogP contribution in [-0.2, 0) is 19.1 Å². The van der Waals surface area contributed by atoms with Crippen LogP contribution in [-0.4, -0.2) is 52.9 Å². The lowest BCUT2D eigenvalue weighted by molar-refractivity contribution is -0.143. The average Bonchev–Trinajstić information content (AvgIpc) is 2.95. The van der Waals surface area contributed by atoms with Gasteiger partial charge in [-0.05, 0) is 63.6 Å². The molecule has 0 bridgehead atoms. The number of nitrogens with zero attached hydrogens (tertiary/aromatic N) is 1. The fraction of sp³-hybridized carbons (Fsp3) is 0.647. The topological polar surface area (TPSA) is 131 Å². The number of carbonyl (C=O) groups excluding carboxylic acids is 4. The van der Waals surface area contributed by atoms with Gasteiger partial charge >= 0.3 is 6.09 Å². The standard InChI is InChI=1S/C34H54N4O5/c1-6-8-9-10-11-15-23-38(32(41)28(21-22-29(35)39)37-33(42)43-34(3,4)5)30(26-18-16-17-25(7-2)24-26)31(40)36-27-19-13-12-14-20-27/h7,16-18,24,27-28,30H,2,6,8-15,19-23H2,1,3-5H3,(H2,35,39)(H,36,40)(H,37,42). The molecule has 0 aromatic heterocycles. The molecule has 0 spiro atoms. The van der Waals surface area contributed by atoms with Crippen LogP contribution in [0.4, 0.5) is 4.79 Å². The smallest absolute Gasteiger partial charge is 0.408 e. The molecule has 1 aliphatic carbocycles. The zero-order valence-electron chi connectivity index (χ0n) is 26.8. The normalized spacial score (nSPS) is 15.2. The minimum Gasteiger partial charge on any atom is -0.444 e. The molecule has 9 nitrogen and oxygen atoms in total. The van der Waals surface area contributed by atoms with Gasteiger partial charge in [0.1, 0.15) is 17.7 Å². The highest BCUT2D eigenvalue weighted by Crippen LogP contribution is 2.27. The summed E-state index contributed by atoms with van der Waals surface area (Å²) in [6, 6.07) is 5.48. The van der Waals surface area contributed by atoms with Crippen molar-refractivity contribution in [3.05, 3.63) is 42.0 Å². The number of hydrogen-bond acceptors (Lipinski definition) is 5. The zero-order valence-corrected chi connectivity index (χ0v) is 26.8. The Bertz CT molecular complexity index is 1060. The van der Waals surface area contributed by atoms with Crippen LogP contribution in [0.3, 0.4) is 0 Å². The second-order valence-corrected chi connectivity index (χ2v) is 12.6. The van der Waals surface area contributed by atoms with E-state index < -0.39 is 35.6 Å². The largest absolute Gasteiger partial charge is 0.444 e. The van der Waals surface area contributed by atoms with Crippen molar-refractivity contribution in [2.75, 3.05) is 6.54 Å². The Balaban J connectivity index is 2.49. The molecule has 1 aromatic rings. The van der Waals surface area contributed by atoms with Gasteiger partial charge in [-0.15, -0.1) is 0 Å². The Morgan fingerprint density at radius 3 is 2.37 bits per heavy atom. The summed E-state index contributed by atoms with van der Waals surface area (Å²) in [4.78, 5) is 54.6. The highest BCUT2D eigenvalue weighted by Gasteiger charge is 2.37. The molecule has 4 amide bonds. The molecule has 1 aromatic carbocycles. The minimum absolute atomic E-state index is 0.00985. The number of unbranched alkanes of at least 4 members (excludes halogenated alkanes) is 5. The Kier molecular flexibility index (Phi) is 15.3. The van der Waals surface area contributed by atoms with Gasteiger partial charge in [-0.2, -0.15) is 0 Å². The number of hydrogen-bond donors (Lipinski definition) is 3. The van der Waals surface area contributed by atoms with Gasteiger partial charge in [-0.1, -0.05) is 89.1 Å². The van der Waals surface area contributed by atoms with Gasteiger partial charge in [0.2, 0.25) is 17.7 Å². The van der Waals surface area contributed by atoms with Crippen LogP contribution >= 0.6 is 0 Å². The Morgan fingerprint density at radius 2 is 1.74 bits per heavy atom. The summed E-state index contributed by atoms with van der Waals surface area (Å²) in [7, 11) is 0. The lowest BCUT2D eigenvalue weighted by Gasteiger charge is -2.36. The van der Waals surface area contributed by atoms with Crippen molar-refractivity contribution < 1.29 is 23.9 Å². The summed E-state index contributed by atoms with van der Waals surface area (Å²) in [6.45, 7) is 11.6. The summed E-state index contributed by atoms with van der Waals surface area (Å²) in [6.07, 6.45) is 11.9. The van der Waals surface area contributed by atoms with Gasteiger partial charge in [-0.3, -0.25) is 14.4 Å². The third kappa shape index (κ3) is 13.2. The first-order valence-electron chi connectivity index (χ1n) is 16.1. The van der Waals surface area contributed by atoms with E-state index in [0.717, 1.165) is 69.8 Å². The van der Waals surface area contributed by atoms with Crippen LogP contribution in [0, 0.1) is 0 Å². The Morgan fingerprint density at radius 1 is 1.07 bits per heavy atom. The van der Waals surface area contributed by atoms with Crippen molar-refractivity contribution in [1.82, 2.24) is 15.5 Å². The number of ether oxygens (including phenoxy) is 1. The number of carbonyl (C=O) groups is 4. The number of primary amides is 1. The molecule has 1 aliphatic rings. The van der Waals surface area contributed by atoms with Crippen LogP contribution in [0.25, 0.3) is 6.08 Å². The lowest BCUT2D eigenvalue weighted by Crippen LogP contribution is -2.54. The second-order valence-electron chi connectivity index (χ2n) is 12.6. The third-order valence-corrected chi connectivity index (χ3v) is 7.68. The summed E-state index contributed by atoms with van der Waals surface area (Å²) >= 11 is 0. The van der Waals surface area contributed by atoms with E-state index in [1.807, 2.05) is 24.3 Å². The summed E-state index contributed by atoms with van der Waals surface area (Å²) in [5.74, 6) is -1.29. The molecule has 4 N–H and O–H groups in total. The van der Waals surface area contributed by atoms with E-state index in [1.165, 1.54) is 0 Å². The van der Waals surface area contributed by atoms with E-state index in [9.17, 15) is 19.2 Å². The van der Waals surface area contributed by atoms with Gasteiger partial charge in [-0.25, -0.2) is 4.79 Å². The highest BCUT2D eigenvalue weighted by molar-refractivity contribution is 5.92. The fourth-order valence-corrected chi connectivity index (χ4v) is 5.48. The number of alkyl carbamates (subject to hydrolysis) is 1. The number of rotatable bonds is 17. The first-order valence-corrected chi connectivity index (χ1v) is 16.1. The molecule has 0 radical (unpaired) electrons. The summed E-state index contributed by atoms with van der Waals surface area (Å²) in [5.41, 5.74) is 6.15. The maximum absolute atomic E-state index is 14.4. The Hall–Kier alpha value is -3.36. The van der Waals surface area contributed by atoms with Gasteiger partial charge < -0.3 is 26.0 Å². The first kappa shape index (κ1) is 35.8. The molecular formula is C34H54N4O5. The summed E-state index contributed by atoms with van der Waals surface area (Å²) < 4.78 is 5.44. The van der Waals surface area contributed by atoms with Gasteiger partial charge in [0.15, 0.2) is 0 Å². The molecule has 240 valence electrons. The van der Waals surface area contributed by atoms with E-state index in [0.29, 0.717) is 18.5 Å². The van der Waals surface area contributed by atoms with E-state index in [-0.39, 0.29) is 24.8 Å². The molecule has 2 atom stereocenters. The van der Waals surface area contributed by atoms with E-state index in [2.05, 4.69) is 24.1 Å². The molecule has 0 saturated heterocycles. The zero-order chi connectivity index (χ0) is 31.8. The van der Waals surface area contributed by atoms with Gasteiger partial charge in [0.25, 0.3) is 0 Å². The van der Waals surface area contributed by atoms with Gasteiger partial charge in [0, 0.05) is 19.0 Å². The SMILES string of the molecule is C=Cc1cccc(C(C(=O)NC2CCCCC2)N(CCCCCCCC)C(=O)C(CCC(N)=O)NC(=O)OC(C)(C)C)c1. The van der Waals surface area contributed by atoms with Crippen molar-refractivity contribution in [1.29, 1.82) is 0 Å². The third-order valence-electron chi connectivity index (χ3n) is 7.68. The van der Waals surface area contributed by atoms with Crippen LogP contribution in [0.1, 0.15) is 128 Å². The number of nitrogens with one attached hydrogen (secondary N) is 2. The van der Waals surface area contributed by atoms with E-state index in [1.54, 1.807) is 31.7 Å². The second kappa shape index (κ2) is 18.3. The summed E-state index contributed by atoms with van der Waals surface area (Å²) in [5, 5.41) is 5.89. The lowest BCUT2D eigenvalue weighted by atomic mass is 9.94. The average molecular weight is 599 g/mol. The highest BCUT2D eigenvalue weighted by atomic mass is 16.6. The number of nitrogens with two attached hydrogens (primary N) is 1. The molecule has 0 heterocycles. The van der Waals surface area contributed by atoms with E-state index in [4.69, 9.17) is 10.5 Å². The van der Waals surface area contributed by atoms with Crippen molar-refractivity contribution >= 4 is 29.9 Å². The number of amides is 4. The molecule has 0 aliphatic heterocycles. The monoisotopic (exact) mass is 598 g/mol.